The highest BCUT2D eigenvalue weighted by Crippen LogP contribution is 2.08. The van der Waals surface area contributed by atoms with E-state index in [9.17, 15) is 4.79 Å². The van der Waals surface area contributed by atoms with E-state index >= 15 is 0 Å². The number of aliphatic hydroxyl groups excluding tert-OH is 2. The van der Waals surface area contributed by atoms with E-state index < -0.39 is 24.8 Å². The Labute approximate surface area is 57.7 Å². The minimum atomic E-state index is -0.998. The summed E-state index contributed by atoms with van der Waals surface area (Å²) in [5.41, 5.74) is 0. The van der Waals surface area contributed by atoms with Gasteiger partial charge in [-0.05, 0) is 6.08 Å². The van der Waals surface area contributed by atoms with E-state index in [-0.39, 0.29) is 0 Å². The molecule has 1 aliphatic heterocycles. The maximum Gasteiger partial charge on any atom is 0.331 e. The molecule has 0 spiro atoms. The van der Waals surface area contributed by atoms with Crippen molar-refractivity contribution in [3.8, 4) is 0 Å². The number of cyclic esters (lactones) is 1. The van der Waals surface area contributed by atoms with Crippen LogP contribution >= 0.6 is 0 Å². The first-order chi connectivity index (χ1) is 4.74. The number of ether oxygens (including phenoxy) is 1. The number of hydrogen-bond acceptors (Lipinski definition) is 4. The second kappa shape index (κ2) is 2.81. The molecule has 0 aromatic rings. The summed E-state index contributed by atoms with van der Waals surface area (Å²) in [6.07, 6.45) is 0.979. The van der Waals surface area contributed by atoms with Gasteiger partial charge in [0, 0.05) is 6.08 Å². The van der Waals surface area contributed by atoms with Crippen molar-refractivity contribution in [1.82, 2.24) is 0 Å². The largest absolute Gasteiger partial charge is 0.452 e. The molecule has 0 saturated heterocycles. The van der Waals surface area contributed by atoms with Crippen LogP contribution in [0, 0.1) is 0 Å². The van der Waals surface area contributed by atoms with E-state index in [1.165, 1.54) is 12.2 Å². The molecular formula is C6H8O4. The molecule has 1 aliphatic rings. The topological polar surface area (TPSA) is 66.8 Å². The molecule has 1 rings (SSSR count). The summed E-state index contributed by atoms with van der Waals surface area (Å²) in [5, 5.41) is 17.3. The lowest BCUT2D eigenvalue weighted by Gasteiger charge is -2.12. The number of hydrogen-bond donors (Lipinski definition) is 2. The van der Waals surface area contributed by atoms with E-state index in [2.05, 4.69) is 4.74 Å². The standard InChI is InChI=1S/C6H8O4/c7-3-4(8)5-1-2-6(9)10-5/h1-2,4-5,7-8H,3H2/t4-,5+/m1/s1. The van der Waals surface area contributed by atoms with Crippen LogP contribution < -0.4 is 0 Å². The molecule has 10 heavy (non-hydrogen) atoms. The van der Waals surface area contributed by atoms with Crippen molar-refractivity contribution in [2.45, 2.75) is 12.2 Å². The first-order valence-electron chi connectivity index (χ1n) is 2.92. The van der Waals surface area contributed by atoms with Crippen LogP contribution in [0.1, 0.15) is 0 Å². The molecule has 0 amide bonds. The minimum Gasteiger partial charge on any atom is -0.452 e. The summed E-state index contributed by atoms with van der Waals surface area (Å²) in [5.74, 6) is -0.475. The van der Waals surface area contributed by atoms with Crippen molar-refractivity contribution >= 4 is 5.97 Å². The summed E-state index contributed by atoms with van der Waals surface area (Å²) < 4.78 is 4.55. The third-order valence-electron chi connectivity index (χ3n) is 1.24. The zero-order valence-corrected chi connectivity index (χ0v) is 5.23. The van der Waals surface area contributed by atoms with Crippen LogP contribution in [0.4, 0.5) is 0 Å². The fourth-order valence-corrected chi connectivity index (χ4v) is 0.697. The zero-order chi connectivity index (χ0) is 7.56. The van der Waals surface area contributed by atoms with Crippen molar-refractivity contribution in [2.75, 3.05) is 6.61 Å². The Kier molecular flexibility index (Phi) is 2.03. The van der Waals surface area contributed by atoms with Crippen LogP contribution in [0.2, 0.25) is 0 Å². The van der Waals surface area contributed by atoms with E-state index in [0.29, 0.717) is 0 Å². The summed E-state index contributed by atoms with van der Waals surface area (Å²) in [6, 6.07) is 0. The first-order valence-corrected chi connectivity index (χ1v) is 2.92. The fraction of sp³-hybridized carbons (Fsp3) is 0.500. The van der Waals surface area contributed by atoms with Gasteiger partial charge >= 0.3 is 5.97 Å². The molecular weight excluding hydrogens is 136 g/mol. The maximum atomic E-state index is 10.4. The molecule has 56 valence electrons. The Morgan fingerprint density at radius 3 is 2.90 bits per heavy atom. The van der Waals surface area contributed by atoms with Gasteiger partial charge in [0.1, 0.15) is 12.2 Å². The van der Waals surface area contributed by atoms with Crippen LogP contribution in [0.15, 0.2) is 12.2 Å². The van der Waals surface area contributed by atoms with Gasteiger partial charge in [0.25, 0.3) is 0 Å². The lowest BCUT2D eigenvalue weighted by atomic mass is 10.2. The Morgan fingerprint density at radius 1 is 1.80 bits per heavy atom. The lowest BCUT2D eigenvalue weighted by Crippen LogP contribution is -2.28. The third kappa shape index (κ3) is 1.34. The highest BCUT2D eigenvalue weighted by Gasteiger charge is 2.23. The van der Waals surface area contributed by atoms with Crippen molar-refractivity contribution in [3.63, 3.8) is 0 Å². The third-order valence-corrected chi connectivity index (χ3v) is 1.24. The molecule has 2 atom stereocenters. The molecule has 0 saturated carbocycles. The predicted molar refractivity (Wildman–Crippen MR) is 32.1 cm³/mol. The van der Waals surface area contributed by atoms with Crippen LogP contribution in [0.3, 0.4) is 0 Å². The van der Waals surface area contributed by atoms with E-state index in [1.807, 2.05) is 0 Å². The Balaban J connectivity index is 2.46. The number of aliphatic hydroxyl groups is 2. The number of carbonyl (C=O) groups is 1. The van der Waals surface area contributed by atoms with Gasteiger partial charge in [-0.1, -0.05) is 0 Å². The monoisotopic (exact) mass is 144 g/mol. The first kappa shape index (κ1) is 7.24. The summed E-state index contributed by atoms with van der Waals surface area (Å²) in [4.78, 5) is 10.4. The van der Waals surface area contributed by atoms with Gasteiger partial charge in [-0.2, -0.15) is 0 Å². The zero-order valence-electron chi connectivity index (χ0n) is 5.23. The number of rotatable bonds is 2. The summed E-state index contributed by atoms with van der Waals surface area (Å²) in [6.45, 7) is -0.401. The van der Waals surface area contributed by atoms with Crippen LogP contribution in [0.25, 0.3) is 0 Å². The highest BCUT2D eigenvalue weighted by atomic mass is 16.6. The van der Waals surface area contributed by atoms with Crippen molar-refractivity contribution < 1.29 is 19.7 Å². The Bertz CT molecular complexity index is 163. The van der Waals surface area contributed by atoms with Crippen molar-refractivity contribution in [3.05, 3.63) is 12.2 Å². The summed E-state index contributed by atoms with van der Waals surface area (Å²) in [7, 11) is 0. The fourth-order valence-electron chi connectivity index (χ4n) is 0.697. The summed E-state index contributed by atoms with van der Waals surface area (Å²) >= 11 is 0. The average Bonchev–Trinajstić information content (AvgIpc) is 2.34. The molecule has 1 heterocycles. The molecule has 0 radical (unpaired) electrons. The van der Waals surface area contributed by atoms with E-state index in [0.717, 1.165) is 0 Å². The SMILES string of the molecule is O=C1C=C[C@@H]([C@H](O)CO)O1. The van der Waals surface area contributed by atoms with Gasteiger partial charge in [0.2, 0.25) is 0 Å². The minimum absolute atomic E-state index is 0.401. The molecule has 0 aliphatic carbocycles. The Morgan fingerprint density at radius 2 is 2.50 bits per heavy atom. The van der Waals surface area contributed by atoms with Crippen molar-refractivity contribution in [1.29, 1.82) is 0 Å². The number of carbonyl (C=O) groups excluding carboxylic acids is 1. The molecule has 0 fully saturated rings. The molecule has 0 aromatic carbocycles. The normalized spacial score (nSPS) is 26.6. The molecule has 4 heteroatoms. The van der Waals surface area contributed by atoms with Gasteiger partial charge < -0.3 is 14.9 Å². The molecule has 0 unspecified atom stereocenters. The second-order valence-electron chi connectivity index (χ2n) is 2.01. The van der Waals surface area contributed by atoms with Crippen LogP contribution in [-0.4, -0.2) is 35.0 Å². The maximum absolute atomic E-state index is 10.4. The predicted octanol–water partition coefficient (Wildman–Crippen LogP) is -1.18. The second-order valence-corrected chi connectivity index (χ2v) is 2.01. The molecule has 2 N–H and O–H groups in total. The molecule has 0 bridgehead atoms. The van der Waals surface area contributed by atoms with Gasteiger partial charge in [0.15, 0.2) is 0 Å². The van der Waals surface area contributed by atoms with Crippen LogP contribution in [-0.2, 0) is 9.53 Å². The van der Waals surface area contributed by atoms with Crippen molar-refractivity contribution in [2.24, 2.45) is 0 Å². The molecule has 4 nitrogen and oxygen atoms in total. The Hall–Kier alpha value is -0.870. The van der Waals surface area contributed by atoms with Crippen LogP contribution in [0.5, 0.6) is 0 Å². The van der Waals surface area contributed by atoms with Gasteiger partial charge in [-0.25, -0.2) is 4.79 Å². The lowest BCUT2D eigenvalue weighted by molar-refractivity contribution is -0.143. The smallest absolute Gasteiger partial charge is 0.331 e. The van der Waals surface area contributed by atoms with E-state index in [1.54, 1.807) is 0 Å². The van der Waals surface area contributed by atoms with Gasteiger partial charge in [0.05, 0.1) is 6.61 Å². The van der Waals surface area contributed by atoms with Gasteiger partial charge in [-0.15, -0.1) is 0 Å². The molecule has 0 aromatic heterocycles. The quantitative estimate of drug-likeness (QED) is 0.479. The highest BCUT2D eigenvalue weighted by molar-refractivity contribution is 5.84. The van der Waals surface area contributed by atoms with Gasteiger partial charge in [-0.3, -0.25) is 0 Å². The average molecular weight is 144 g/mol. The van der Waals surface area contributed by atoms with E-state index in [4.69, 9.17) is 10.2 Å². The number of esters is 1.